The van der Waals surface area contributed by atoms with Crippen molar-refractivity contribution in [3.05, 3.63) is 70.7 Å². The Hall–Kier alpha value is -0.355. The van der Waals surface area contributed by atoms with E-state index in [-0.39, 0.29) is 251 Å². The van der Waals surface area contributed by atoms with Crippen molar-refractivity contribution in [3.63, 3.8) is 0 Å². The molecule has 0 bridgehead atoms. The van der Waals surface area contributed by atoms with Gasteiger partial charge in [-0.3, -0.25) is 0 Å². The zero-order valence-corrected chi connectivity index (χ0v) is 42.6. The predicted molar refractivity (Wildman–Crippen MR) is 161 cm³/mol. The normalized spacial score (nSPS) is 10.5. The quantitative estimate of drug-likeness (QED) is 0.0821. The molecular formula is C28H20K4N12O8S. The first-order chi connectivity index (χ1) is 23.1. The Morgan fingerprint density at radius 2 is 1.15 bits per heavy atom. The van der Waals surface area contributed by atoms with Gasteiger partial charge >= 0.3 is 206 Å². The summed E-state index contributed by atoms with van der Waals surface area (Å²) in [7, 11) is 0. The first kappa shape index (κ1) is 50.7. The van der Waals surface area contributed by atoms with E-state index in [0.717, 1.165) is 52.6 Å². The molecule has 0 fully saturated rings. The molecule has 0 atom stereocenters. The van der Waals surface area contributed by atoms with Gasteiger partial charge < -0.3 is 56.0 Å². The summed E-state index contributed by atoms with van der Waals surface area (Å²) in [6.45, 7) is 5.48. The van der Waals surface area contributed by atoms with E-state index in [0.29, 0.717) is 5.69 Å². The summed E-state index contributed by atoms with van der Waals surface area (Å²) in [5.41, 5.74) is 3.99. The number of carbonyl (C=O) groups excluding carboxylic acids is 4. The maximum atomic E-state index is 11.6. The number of benzene rings is 2. The molecule has 0 saturated carbocycles. The molecule has 5 aromatic rings. The Labute approximate surface area is 473 Å². The minimum absolute atomic E-state index is 0. The number of anilines is 5. The minimum atomic E-state index is -1.68. The zero-order chi connectivity index (χ0) is 35.6. The second-order valence-corrected chi connectivity index (χ2v) is 11.7. The van der Waals surface area contributed by atoms with Crippen LogP contribution in [0, 0.1) is 0 Å². The average Bonchev–Trinajstić information content (AvgIpc) is 3.67. The first-order valence-corrected chi connectivity index (χ1v) is 14.4. The number of aromatic carboxylic acids is 4. The van der Waals surface area contributed by atoms with Gasteiger partial charge in [0.05, 0.1) is 29.6 Å². The predicted octanol–water partition coefficient (Wildman–Crippen LogP) is -12.8. The van der Waals surface area contributed by atoms with E-state index in [1.807, 2.05) is 20.8 Å². The summed E-state index contributed by atoms with van der Waals surface area (Å²) in [5, 5.41) is 64.7. The van der Waals surface area contributed by atoms with Crippen molar-refractivity contribution >= 4 is 75.3 Å². The number of carboxylic acids is 4. The average molecular weight is 841 g/mol. The van der Waals surface area contributed by atoms with Crippen LogP contribution in [0.25, 0.3) is 5.95 Å². The van der Waals surface area contributed by atoms with Crippen molar-refractivity contribution in [2.75, 3.05) is 16.4 Å². The molecule has 53 heavy (non-hydrogen) atoms. The van der Waals surface area contributed by atoms with E-state index in [4.69, 9.17) is 5.73 Å². The molecule has 3 heterocycles. The van der Waals surface area contributed by atoms with Crippen LogP contribution in [0.5, 0.6) is 0 Å². The molecule has 2 aromatic carbocycles. The smallest absolute Gasteiger partial charge is 0.545 e. The van der Waals surface area contributed by atoms with Crippen molar-refractivity contribution in [1.82, 2.24) is 34.1 Å². The SMILES string of the molecule is CC(C)(C)c1nn(-c2nc(Nc3cc(C(=O)[O-])cc(C(=O)[O-])c3)nc(Nc3cc(C(=O)[O-])cc(C(=O)[O-])c3)n2)c(N)c1N=Nc1ncns1.[K+].[K+].[K+].[K+]. The van der Waals surface area contributed by atoms with Crippen molar-refractivity contribution in [2.45, 2.75) is 26.2 Å². The number of hydrogen-bond acceptors (Lipinski definition) is 20. The molecule has 5 rings (SSSR count). The van der Waals surface area contributed by atoms with Crippen LogP contribution >= 0.6 is 11.5 Å². The number of aromatic nitrogens is 7. The number of nitrogens with one attached hydrogen (secondary N) is 2. The number of azo groups is 1. The maximum absolute atomic E-state index is 11.6. The molecule has 0 radical (unpaired) electrons. The number of carbonyl (C=O) groups is 4. The molecular weight excluding hydrogens is 821 g/mol. The van der Waals surface area contributed by atoms with Gasteiger partial charge in [0.1, 0.15) is 6.33 Å². The van der Waals surface area contributed by atoms with E-state index in [1.54, 1.807) is 0 Å². The molecule has 0 aliphatic carbocycles. The van der Waals surface area contributed by atoms with Gasteiger partial charge in [0.25, 0.3) is 5.95 Å². The fourth-order valence-electron chi connectivity index (χ4n) is 4.18. The number of rotatable bonds is 11. The summed E-state index contributed by atoms with van der Waals surface area (Å²) in [6, 6.07) is 5.83. The Morgan fingerprint density at radius 3 is 1.51 bits per heavy atom. The molecule has 0 aliphatic rings. The van der Waals surface area contributed by atoms with Gasteiger partial charge in [-0.2, -0.15) is 29.1 Å². The topological polar surface area (TPSA) is 318 Å². The van der Waals surface area contributed by atoms with Crippen molar-refractivity contribution in [3.8, 4) is 5.95 Å². The van der Waals surface area contributed by atoms with E-state index in [9.17, 15) is 39.6 Å². The molecule has 0 spiro atoms. The van der Waals surface area contributed by atoms with Gasteiger partial charge in [-0.1, -0.05) is 20.8 Å². The largest absolute Gasteiger partial charge is 1.00 e. The Morgan fingerprint density at radius 1 is 0.717 bits per heavy atom. The second-order valence-electron chi connectivity index (χ2n) is 10.9. The van der Waals surface area contributed by atoms with Crippen LogP contribution in [0.1, 0.15) is 67.9 Å². The maximum Gasteiger partial charge on any atom is 1.00 e. The number of nitrogens with zero attached hydrogens (tertiary/aromatic N) is 9. The van der Waals surface area contributed by atoms with Gasteiger partial charge in [0, 0.05) is 28.3 Å². The third-order valence-corrected chi connectivity index (χ3v) is 6.87. The molecule has 4 N–H and O–H groups in total. The molecule has 0 unspecified atom stereocenters. The third kappa shape index (κ3) is 13.4. The van der Waals surface area contributed by atoms with Crippen LogP contribution in [0.4, 0.5) is 39.9 Å². The van der Waals surface area contributed by atoms with Crippen LogP contribution < -0.4 is 242 Å². The van der Waals surface area contributed by atoms with Gasteiger partial charge in [0.15, 0.2) is 11.5 Å². The summed E-state index contributed by atoms with van der Waals surface area (Å²) in [6.07, 6.45) is 1.29. The van der Waals surface area contributed by atoms with E-state index in [1.165, 1.54) is 6.33 Å². The molecule has 3 aromatic heterocycles. The van der Waals surface area contributed by atoms with E-state index in [2.05, 4.69) is 50.3 Å². The Balaban J connectivity index is 0.00000351. The van der Waals surface area contributed by atoms with E-state index >= 15 is 0 Å². The Bertz CT molecular complexity index is 2020. The van der Waals surface area contributed by atoms with Gasteiger partial charge in [-0.15, -0.1) is 10.2 Å². The van der Waals surface area contributed by atoms with Crippen LogP contribution in [0.2, 0.25) is 0 Å². The van der Waals surface area contributed by atoms with Crippen LogP contribution in [0.15, 0.2) is 53.0 Å². The summed E-state index contributed by atoms with van der Waals surface area (Å²) in [5.74, 6) is -7.80. The second kappa shape index (κ2) is 22.0. The van der Waals surface area contributed by atoms with Crippen molar-refractivity contribution < 1.29 is 245 Å². The standard InChI is InChI=1S/C28H24N12O8S.4K/c1-28(2,3)18-17(37-38-27-30-10-31-49-27)19(29)40(39-18)26-35-24(32-15-6-11(20(41)42)4-12(7-15)21(43)44)34-25(36-26)33-16-8-13(22(45)46)5-14(9-16)23(47)48;;;;/h4-10H,29H2,1-3H3,(H,41,42)(H,43,44)(H,45,46)(H,47,48)(H2,32,33,34,35,36);;;;/q;4*+1/p-4. The molecule has 0 amide bonds. The van der Waals surface area contributed by atoms with Crippen LogP contribution in [-0.4, -0.2) is 58.0 Å². The molecule has 25 heteroatoms. The Kier molecular flexibility index (Phi) is 21.0. The van der Waals surface area contributed by atoms with Gasteiger partial charge in [-0.05, 0) is 58.7 Å². The number of hydrogen-bond donors (Lipinski definition) is 3. The summed E-state index contributed by atoms with van der Waals surface area (Å²) in [4.78, 5) is 63.0. The van der Waals surface area contributed by atoms with Gasteiger partial charge in [0.2, 0.25) is 17.0 Å². The number of nitrogens with two attached hydrogens (primary N) is 1. The molecule has 0 aliphatic heterocycles. The van der Waals surface area contributed by atoms with Crippen LogP contribution in [0.3, 0.4) is 0 Å². The van der Waals surface area contributed by atoms with Crippen molar-refractivity contribution in [2.24, 2.45) is 10.2 Å². The number of nitrogen functional groups attached to an aromatic ring is 1. The van der Waals surface area contributed by atoms with Crippen LogP contribution in [-0.2, 0) is 5.41 Å². The fourth-order valence-corrected chi connectivity index (χ4v) is 4.54. The molecule has 20 nitrogen and oxygen atoms in total. The molecule has 250 valence electrons. The van der Waals surface area contributed by atoms with Gasteiger partial charge in [-0.25, -0.2) is 4.98 Å². The third-order valence-electron chi connectivity index (χ3n) is 6.32. The summed E-state index contributed by atoms with van der Waals surface area (Å²) < 4.78 is 4.95. The monoisotopic (exact) mass is 840 g/mol. The molecule has 0 saturated heterocycles. The summed E-state index contributed by atoms with van der Waals surface area (Å²) >= 11 is 0.979. The van der Waals surface area contributed by atoms with E-state index < -0.39 is 51.5 Å². The van der Waals surface area contributed by atoms with Crippen molar-refractivity contribution in [1.29, 1.82) is 0 Å². The fraction of sp³-hybridized carbons (Fsp3) is 0.143. The minimum Gasteiger partial charge on any atom is -0.545 e. The first-order valence-electron chi connectivity index (χ1n) is 13.6. The zero-order valence-electron chi connectivity index (χ0n) is 29.3. The number of carboxylic acid groups (broad SMARTS) is 4.